The number of hydrogen-bond donors (Lipinski definition) is 0. The molecule has 0 atom stereocenters. The molecule has 0 saturated carbocycles. The van der Waals surface area contributed by atoms with Crippen LogP contribution in [-0.2, 0) is 6.54 Å². The molecule has 5 heteroatoms. The highest BCUT2D eigenvalue weighted by molar-refractivity contribution is 6.18. The van der Waals surface area contributed by atoms with E-state index in [1.165, 1.54) is 0 Å². The van der Waals surface area contributed by atoms with E-state index >= 15 is 0 Å². The lowest BCUT2D eigenvalue weighted by molar-refractivity contribution is -0.689. The lowest BCUT2D eigenvalue weighted by Crippen LogP contribution is -2.36. The Morgan fingerprint density at radius 1 is 0.667 bits per heavy atom. The predicted molar refractivity (Wildman–Crippen MR) is 134 cm³/mol. The van der Waals surface area contributed by atoms with Crippen LogP contribution in [0.25, 0.3) is 5.57 Å². The second-order valence-electron chi connectivity index (χ2n) is 7.97. The fourth-order valence-electron chi connectivity index (χ4n) is 4.12. The fourth-order valence-corrected chi connectivity index (χ4v) is 4.12. The molecule has 5 nitrogen and oxygen atoms in total. The van der Waals surface area contributed by atoms with Crippen molar-refractivity contribution in [3.05, 3.63) is 132 Å². The van der Waals surface area contributed by atoms with Crippen LogP contribution in [0.2, 0.25) is 0 Å². The Labute approximate surface area is 192 Å². The van der Waals surface area contributed by atoms with Crippen molar-refractivity contribution >= 4 is 28.4 Å². The molecule has 0 N–H and O–H groups in total. The summed E-state index contributed by atoms with van der Waals surface area (Å²) in [5.41, 5.74) is 9.06. The van der Waals surface area contributed by atoms with Gasteiger partial charge in [-0.05, 0) is 79.0 Å². The third kappa shape index (κ3) is 3.81. The first-order valence-corrected chi connectivity index (χ1v) is 10.8. The van der Waals surface area contributed by atoms with Gasteiger partial charge in [0.15, 0.2) is 12.7 Å². The van der Waals surface area contributed by atoms with Crippen molar-refractivity contribution in [1.82, 2.24) is 0 Å². The molecular weight excluding hydrogens is 406 g/mol. The summed E-state index contributed by atoms with van der Waals surface area (Å²) in [6.45, 7) is 4.62. The highest BCUT2D eigenvalue weighted by Gasteiger charge is 2.24. The van der Waals surface area contributed by atoms with Crippen LogP contribution >= 0.6 is 0 Å². The number of aliphatic imine (C=N–C) groups is 4. The molecular formula is C28H20N5+. The zero-order valence-corrected chi connectivity index (χ0v) is 17.9. The van der Waals surface area contributed by atoms with Crippen molar-refractivity contribution in [2.45, 2.75) is 6.54 Å². The first-order valence-electron chi connectivity index (χ1n) is 10.8. The van der Waals surface area contributed by atoms with Gasteiger partial charge in [0.2, 0.25) is 5.69 Å². The zero-order chi connectivity index (χ0) is 22.2. The summed E-state index contributed by atoms with van der Waals surface area (Å²) in [5, 5.41) is 0. The Kier molecular flexibility index (Phi) is 4.58. The van der Waals surface area contributed by atoms with E-state index in [2.05, 4.69) is 34.5 Å². The Hall–Kier alpha value is -4.51. The molecule has 0 spiro atoms. The number of pyridine rings is 1. The molecule has 1 aromatic rings. The van der Waals surface area contributed by atoms with Gasteiger partial charge in [0.1, 0.15) is 0 Å². The highest BCUT2D eigenvalue weighted by atomic mass is 15.0. The lowest BCUT2D eigenvalue weighted by Gasteiger charge is -2.04. The molecule has 5 aliphatic rings. The quantitative estimate of drug-likeness (QED) is 0.502. The third-order valence-corrected chi connectivity index (χ3v) is 5.58. The summed E-state index contributed by atoms with van der Waals surface area (Å²) < 4.78 is 2.16. The minimum absolute atomic E-state index is 0.714. The molecule has 33 heavy (non-hydrogen) atoms. The number of hydrogen-bond acceptors (Lipinski definition) is 4. The Bertz CT molecular complexity index is 1470. The molecule has 0 aromatic carbocycles. The van der Waals surface area contributed by atoms with Crippen LogP contribution in [0.3, 0.4) is 0 Å². The monoisotopic (exact) mass is 426 g/mol. The first-order chi connectivity index (χ1) is 16.2. The standard InChI is InChI=1S/C28H20N5/c1-2-12-33-13-4-3-5-28(33)26-17-25-16-23-9-8-21(30-23)14-19-6-7-20(29-19)15-22-10-11-24(31-22)18-27(26)32-25/h2-11,13-18H,1,12H2/q+1. The Morgan fingerprint density at radius 2 is 1.27 bits per heavy atom. The first kappa shape index (κ1) is 19.2. The van der Waals surface area contributed by atoms with Crippen LogP contribution in [-0.4, -0.2) is 22.8 Å². The van der Waals surface area contributed by atoms with E-state index in [9.17, 15) is 0 Å². The summed E-state index contributed by atoms with van der Waals surface area (Å²) in [6, 6.07) is 6.17. The fraction of sp³-hybridized carbons (Fsp3) is 0.0357. The highest BCUT2D eigenvalue weighted by Crippen LogP contribution is 2.29. The summed E-state index contributed by atoms with van der Waals surface area (Å²) >= 11 is 0. The summed E-state index contributed by atoms with van der Waals surface area (Å²) in [6.07, 6.45) is 26.1. The van der Waals surface area contributed by atoms with Gasteiger partial charge in [0.05, 0.1) is 51.2 Å². The average molecular weight is 427 g/mol. The topological polar surface area (TPSA) is 53.3 Å². The van der Waals surface area contributed by atoms with Crippen molar-refractivity contribution in [3.63, 3.8) is 0 Å². The molecule has 0 unspecified atom stereocenters. The van der Waals surface area contributed by atoms with Crippen LogP contribution in [0.15, 0.2) is 147 Å². The molecule has 0 amide bonds. The van der Waals surface area contributed by atoms with Gasteiger partial charge in [-0.2, -0.15) is 4.57 Å². The van der Waals surface area contributed by atoms with Gasteiger partial charge in [-0.3, -0.25) is 0 Å². The van der Waals surface area contributed by atoms with E-state index in [0.717, 1.165) is 56.9 Å². The predicted octanol–water partition coefficient (Wildman–Crippen LogP) is 4.58. The van der Waals surface area contributed by atoms with Gasteiger partial charge in [-0.15, -0.1) is 0 Å². The van der Waals surface area contributed by atoms with Crippen molar-refractivity contribution in [2.75, 3.05) is 0 Å². The van der Waals surface area contributed by atoms with Crippen molar-refractivity contribution in [1.29, 1.82) is 0 Å². The Balaban J connectivity index is 1.51. The lowest BCUT2D eigenvalue weighted by atomic mass is 10.1. The number of fused-ring (bicyclic) bond motifs is 4. The number of aromatic nitrogens is 1. The van der Waals surface area contributed by atoms with E-state index in [0.29, 0.717) is 6.54 Å². The second kappa shape index (κ2) is 7.88. The van der Waals surface area contributed by atoms with Crippen molar-refractivity contribution in [3.8, 4) is 0 Å². The number of allylic oxidation sites excluding steroid dienone is 13. The minimum atomic E-state index is 0.714. The molecule has 0 radical (unpaired) electrons. The number of nitrogens with zero attached hydrogens (tertiary/aromatic N) is 5. The SMILES string of the molecule is C=CC[n+]1ccccc1C1=CC2=NC1=CC1=NC(=CC3=NC(=CC4=NC(=C2)C=C4)C=C3)C=C1. The van der Waals surface area contributed by atoms with Gasteiger partial charge in [-0.25, -0.2) is 20.0 Å². The molecule has 8 bridgehead atoms. The van der Waals surface area contributed by atoms with Crippen LogP contribution in [0, 0.1) is 0 Å². The maximum Gasteiger partial charge on any atom is 0.215 e. The molecule has 156 valence electrons. The van der Waals surface area contributed by atoms with Crippen LogP contribution in [0.4, 0.5) is 0 Å². The van der Waals surface area contributed by atoms with Gasteiger partial charge < -0.3 is 0 Å². The van der Waals surface area contributed by atoms with E-state index in [-0.39, 0.29) is 0 Å². The van der Waals surface area contributed by atoms with Crippen LogP contribution in [0.5, 0.6) is 0 Å². The summed E-state index contributed by atoms with van der Waals surface area (Å²) in [5.74, 6) is 0. The van der Waals surface area contributed by atoms with E-state index in [4.69, 9.17) is 15.0 Å². The van der Waals surface area contributed by atoms with Gasteiger partial charge >= 0.3 is 0 Å². The molecule has 5 aliphatic heterocycles. The van der Waals surface area contributed by atoms with E-state index in [1.807, 2.05) is 79.0 Å². The smallest absolute Gasteiger partial charge is 0.215 e. The van der Waals surface area contributed by atoms with Crippen LogP contribution < -0.4 is 4.57 Å². The normalized spacial score (nSPS) is 19.8. The van der Waals surface area contributed by atoms with E-state index < -0.39 is 0 Å². The van der Waals surface area contributed by atoms with Gasteiger partial charge in [-0.1, -0.05) is 6.58 Å². The maximum atomic E-state index is 4.93. The summed E-state index contributed by atoms with van der Waals surface area (Å²) in [7, 11) is 0. The molecule has 0 aliphatic carbocycles. The van der Waals surface area contributed by atoms with Crippen LogP contribution in [0.1, 0.15) is 5.69 Å². The molecule has 6 heterocycles. The average Bonchev–Trinajstić information content (AvgIpc) is 3.60. The number of rotatable bonds is 3. The van der Waals surface area contributed by atoms with Crippen molar-refractivity contribution < 1.29 is 4.57 Å². The minimum Gasteiger partial charge on any atom is -0.249 e. The zero-order valence-electron chi connectivity index (χ0n) is 17.9. The van der Waals surface area contributed by atoms with E-state index in [1.54, 1.807) is 0 Å². The van der Waals surface area contributed by atoms with Gasteiger partial charge in [0.25, 0.3) is 0 Å². The third-order valence-electron chi connectivity index (χ3n) is 5.58. The molecule has 0 saturated heterocycles. The maximum absolute atomic E-state index is 4.93. The summed E-state index contributed by atoms with van der Waals surface area (Å²) in [4.78, 5) is 19.1. The molecule has 0 fully saturated rings. The largest absolute Gasteiger partial charge is 0.249 e. The second-order valence-corrected chi connectivity index (χ2v) is 7.97. The van der Waals surface area contributed by atoms with Gasteiger partial charge in [0, 0.05) is 12.1 Å². The molecule has 6 rings (SSSR count). The Morgan fingerprint density at radius 3 is 1.91 bits per heavy atom. The van der Waals surface area contributed by atoms with Crippen molar-refractivity contribution in [2.24, 2.45) is 20.0 Å². The molecule has 1 aromatic heterocycles.